The van der Waals surface area contributed by atoms with E-state index in [1.54, 1.807) is 6.92 Å². The second-order valence-corrected chi connectivity index (χ2v) is 2.84. The lowest BCUT2D eigenvalue weighted by Gasteiger charge is -2.09. The molecule has 0 saturated heterocycles. The number of nitrogens with two attached hydrogens (primary N) is 1. The molecule has 0 aliphatic rings. The van der Waals surface area contributed by atoms with Crippen LogP contribution in [0.1, 0.15) is 6.92 Å². The van der Waals surface area contributed by atoms with Crippen molar-refractivity contribution in [2.75, 3.05) is 12.3 Å². The molecule has 4 heteroatoms. The third-order valence-electron chi connectivity index (χ3n) is 1.46. The zero-order valence-corrected chi connectivity index (χ0v) is 7.33. The largest absolute Gasteiger partial charge is 0.489 e. The van der Waals surface area contributed by atoms with Crippen molar-refractivity contribution >= 4 is 5.69 Å². The number of nitrogen functional groups attached to an aromatic ring is 1. The van der Waals surface area contributed by atoms with Crippen LogP contribution in [-0.4, -0.2) is 17.8 Å². The van der Waals surface area contributed by atoms with Crippen LogP contribution in [0.4, 0.5) is 10.1 Å². The molecule has 0 aliphatic heterocycles. The number of hydrogen-bond acceptors (Lipinski definition) is 3. The molecule has 0 heterocycles. The lowest BCUT2D eigenvalue weighted by atomic mass is 10.3. The summed E-state index contributed by atoms with van der Waals surface area (Å²) in [6, 6.07) is 3.87. The van der Waals surface area contributed by atoms with Gasteiger partial charge in [-0.2, -0.15) is 0 Å². The lowest BCUT2D eigenvalue weighted by molar-refractivity contribution is 0.123. The van der Waals surface area contributed by atoms with E-state index in [0.717, 1.165) is 0 Å². The van der Waals surface area contributed by atoms with Gasteiger partial charge < -0.3 is 15.6 Å². The topological polar surface area (TPSA) is 55.5 Å². The quantitative estimate of drug-likeness (QED) is 0.695. The number of ether oxygens (including phenoxy) is 1. The second kappa shape index (κ2) is 4.09. The number of aliphatic hydroxyl groups is 1. The Kier molecular flexibility index (Phi) is 3.08. The molecule has 0 spiro atoms. The molecule has 1 aromatic carbocycles. The van der Waals surface area contributed by atoms with E-state index in [0.29, 0.717) is 5.69 Å². The predicted molar refractivity (Wildman–Crippen MR) is 48.0 cm³/mol. The van der Waals surface area contributed by atoms with E-state index in [4.69, 9.17) is 15.6 Å². The van der Waals surface area contributed by atoms with E-state index in [-0.39, 0.29) is 12.4 Å². The van der Waals surface area contributed by atoms with Gasteiger partial charge in [0, 0.05) is 6.07 Å². The molecule has 1 atom stereocenters. The van der Waals surface area contributed by atoms with Crippen molar-refractivity contribution in [1.29, 1.82) is 0 Å². The summed E-state index contributed by atoms with van der Waals surface area (Å²) >= 11 is 0. The van der Waals surface area contributed by atoms with Gasteiger partial charge in [0.1, 0.15) is 18.2 Å². The van der Waals surface area contributed by atoms with Crippen molar-refractivity contribution in [3.63, 3.8) is 0 Å². The van der Waals surface area contributed by atoms with Crippen molar-refractivity contribution in [1.82, 2.24) is 0 Å². The number of aliphatic hydroxyl groups excluding tert-OH is 1. The number of anilines is 1. The minimum atomic E-state index is -0.595. The third-order valence-corrected chi connectivity index (χ3v) is 1.46. The first-order valence-corrected chi connectivity index (χ1v) is 3.95. The van der Waals surface area contributed by atoms with E-state index in [9.17, 15) is 4.39 Å². The molecule has 0 saturated carbocycles. The van der Waals surface area contributed by atoms with Crippen LogP contribution < -0.4 is 10.5 Å². The fraction of sp³-hybridized carbons (Fsp3) is 0.333. The molecule has 0 aromatic heterocycles. The van der Waals surface area contributed by atoms with Gasteiger partial charge in [0.2, 0.25) is 0 Å². The van der Waals surface area contributed by atoms with Crippen LogP contribution >= 0.6 is 0 Å². The standard InChI is InChI=1S/C9H12FNO2/c1-6(12)5-13-9-4-7(10)2-3-8(9)11/h2-4,6,12H,5,11H2,1H3. The van der Waals surface area contributed by atoms with Gasteiger partial charge in [-0.05, 0) is 19.1 Å². The molecule has 0 radical (unpaired) electrons. The second-order valence-electron chi connectivity index (χ2n) is 2.84. The van der Waals surface area contributed by atoms with Crippen molar-refractivity contribution in [3.8, 4) is 5.75 Å². The fourth-order valence-corrected chi connectivity index (χ4v) is 0.844. The average molecular weight is 185 g/mol. The molecule has 3 nitrogen and oxygen atoms in total. The van der Waals surface area contributed by atoms with Crippen molar-refractivity contribution < 1.29 is 14.2 Å². The van der Waals surface area contributed by atoms with Crippen LogP contribution in [0.25, 0.3) is 0 Å². The van der Waals surface area contributed by atoms with Crippen LogP contribution in [0, 0.1) is 5.82 Å². The summed E-state index contributed by atoms with van der Waals surface area (Å²) in [4.78, 5) is 0. The Morgan fingerprint density at radius 1 is 1.62 bits per heavy atom. The third kappa shape index (κ3) is 2.91. The monoisotopic (exact) mass is 185 g/mol. The molecule has 0 aliphatic carbocycles. The Hall–Kier alpha value is -1.29. The number of rotatable bonds is 3. The molecular weight excluding hydrogens is 173 g/mol. The molecule has 0 fully saturated rings. The molecular formula is C9H12FNO2. The highest BCUT2D eigenvalue weighted by Gasteiger charge is 2.03. The number of benzene rings is 1. The molecule has 72 valence electrons. The highest BCUT2D eigenvalue weighted by molar-refractivity contribution is 5.52. The summed E-state index contributed by atoms with van der Waals surface area (Å²) in [5.74, 6) is -0.143. The van der Waals surface area contributed by atoms with Crippen molar-refractivity contribution in [2.24, 2.45) is 0 Å². The van der Waals surface area contributed by atoms with Crippen LogP contribution in [0.5, 0.6) is 5.75 Å². The van der Waals surface area contributed by atoms with E-state index >= 15 is 0 Å². The first-order valence-electron chi connectivity index (χ1n) is 3.95. The predicted octanol–water partition coefficient (Wildman–Crippen LogP) is 1.17. The van der Waals surface area contributed by atoms with Crippen molar-refractivity contribution in [2.45, 2.75) is 13.0 Å². The van der Waals surface area contributed by atoms with E-state index < -0.39 is 11.9 Å². The number of hydrogen-bond donors (Lipinski definition) is 2. The molecule has 1 rings (SSSR count). The molecule has 0 amide bonds. The van der Waals surface area contributed by atoms with Gasteiger partial charge >= 0.3 is 0 Å². The maximum atomic E-state index is 12.7. The smallest absolute Gasteiger partial charge is 0.145 e. The van der Waals surface area contributed by atoms with Gasteiger partial charge in [-0.15, -0.1) is 0 Å². The minimum Gasteiger partial charge on any atom is -0.489 e. The minimum absolute atomic E-state index is 0.105. The summed E-state index contributed by atoms with van der Waals surface area (Å²) in [5, 5.41) is 8.91. The summed E-state index contributed by atoms with van der Waals surface area (Å²) in [6.07, 6.45) is -0.595. The van der Waals surface area contributed by atoms with Crippen LogP contribution in [0.3, 0.4) is 0 Å². The van der Waals surface area contributed by atoms with Gasteiger partial charge in [-0.25, -0.2) is 4.39 Å². The molecule has 0 bridgehead atoms. The molecule has 1 aromatic rings. The van der Waals surface area contributed by atoms with E-state index in [2.05, 4.69) is 0 Å². The van der Waals surface area contributed by atoms with Gasteiger partial charge in [-0.3, -0.25) is 0 Å². The summed E-state index contributed by atoms with van der Waals surface area (Å²) in [7, 11) is 0. The van der Waals surface area contributed by atoms with Gasteiger partial charge in [0.25, 0.3) is 0 Å². The van der Waals surface area contributed by atoms with Gasteiger partial charge in [0.15, 0.2) is 0 Å². The zero-order valence-electron chi connectivity index (χ0n) is 7.33. The first-order chi connectivity index (χ1) is 6.09. The maximum absolute atomic E-state index is 12.7. The summed E-state index contributed by atoms with van der Waals surface area (Å²) in [6.45, 7) is 1.68. The normalized spacial score (nSPS) is 12.5. The molecule has 13 heavy (non-hydrogen) atoms. The Morgan fingerprint density at radius 3 is 2.92 bits per heavy atom. The maximum Gasteiger partial charge on any atom is 0.145 e. The Bertz CT molecular complexity index is 289. The molecule has 1 unspecified atom stereocenters. The van der Waals surface area contributed by atoms with Gasteiger partial charge in [-0.1, -0.05) is 0 Å². The Morgan fingerprint density at radius 2 is 2.31 bits per heavy atom. The van der Waals surface area contributed by atoms with Crippen LogP contribution in [0.15, 0.2) is 18.2 Å². The highest BCUT2D eigenvalue weighted by atomic mass is 19.1. The number of halogens is 1. The van der Waals surface area contributed by atoms with Gasteiger partial charge in [0.05, 0.1) is 11.8 Å². The van der Waals surface area contributed by atoms with Crippen LogP contribution in [0.2, 0.25) is 0 Å². The lowest BCUT2D eigenvalue weighted by Crippen LogP contribution is -2.13. The van der Waals surface area contributed by atoms with Crippen LogP contribution in [-0.2, 0) is 0 Å². The highest BCUT2D eigenvalue weighted by Crippen LogP contribution is 2.21. The first kappa shape index (κ1) is 9.80. The SMILES string of the molecule is CC(O)COc1cc(F)ccc1N. The average Bonchev–Trinajstić information content (AvgIpc) is 2.06. The summed E-state index contributed by atoms with van der Waals surface area (Å²) < 4.78 is 17.7. The Labute approximate surface area is 75.9 Å². The molecule has 3 N–H and O–H groups in total. The fourth-order valence-electron chi connectivity index (χ4n) is 0.844. The van der Waals surface area contributed by atoms with Crippen molar-refractivity contribution in [3.05, 3.63) is 24.0 Å². The zero-order chi connectivity index (χ0) is 9.84. The Balaban J connectivity index is 2.70. The van der Waals surface area contributed by atoms with E-state index in [1.807, 2.05) is 0 Å². The summed E-state index contributed by atoms with van der Waals surface area (Å²) in [5.41, 5.74) is 5.87. The van der Waals surface area contributed by atoms with E-state index in [1.165, 1.54) is 18.2 Å².